The molecule has 0 spiro atoms. The number of hydrogen-bond donors (Lipinski definition) is 1. The molecule has 2 aliphatic carbocycles. The summed E-state index contributed by atoms with van der Waals surface area (Å²) in [6, 6.07) is 3.35. The molecule has 1 heterocycles. The molecular formula is C17H16Cl2N2O2. The molecule has 1 aromatic heterocycles. The second-order valence-electron chi connectivity index (χ2n) is 7.34. The molecule has 1 aromatic carbocycles. The molecule has 4 rings (SSSR count). The van der Waals surface area contributed by atoms with Gasteiger partial charge < -0.3 is 5.11 Å². The number of carboxylic acid groups (broad SMARTS) is 1. The van der Waals surface area contributed by atoms with Gasteiger partial charge in [0.2, 0.25) is 0 Å². The van der Waals surface area contributed by atoms with Crippen molar-refractivity contribution in [2.45, 2.75) is 44.4 Å². The Morgan fingerprint density at radius 1 is 1.04 bits per heavy atom. The molecule has 4 nitrogen and oxygen atoms in total. The van der Waals surface area contributed by atoms with Crippen LogP contribution in [-0.2, 0) is 15.6 Å². The highest BCUT2D eigenvalue weighted by atomic mass is 35.5. The topological polar surface area (TPSA) is 63.1 Å². The van der Waals surface area contributed by atoms with E-state index in [0.717, 1.165) is 12.1 Å². The number of rotatable bonds is 1. The lowest BCUT2D eigenvalue weighted by molar-refractivity contribution is -0.148. The Hall–Kier alpha value is -1.39. The van der Waals surface area contributed by atoms with Crippen LogP contribution in [0.1, 0.15) is 45.0 Å². The van der Waals surface area contributed by atoms with Crippen LogP contribution in [0.4, 0.5) is 0 Å². The van der Waals surface area contributed by atoms with Gasteiger partial charge in [0.05, 0.1) is 32.5 Å². The van der Waals surface area contributed by atoms with E-state index >= 15 is 0 Å². The van der Waals surface area contributed by atoms with Gasteiger partial charge in [0.1, 0.15) is 5.41 Å². The Morgan fingerprint density at radius 3 is 2.09 bits per heavy atom. The molecule has 2 aromatic rings. The number of aromatic nitrogens is 2. The monoisotopic (exact) mass is 350 g/mol. The normalized spacial score (nSPS) is 30.7. The van der Waals surface area contributed by atoms with Gasteiger partial charge in [0, 0.05) is 5.41 Å². The zero-order chi connectivity index (χ0) is 16.8. The van der Waals surface area contributed by atoms with Crippen molar-refractivity contribution >= 4 is 40.2 Å². The third-order valence-electron chi connectivity index (χ3n) is 6.44. The highest BCUT2D eigenvalue weighted by Gasteiger charge is 2.73. The van der Waals surface area contributed by atoms with Gasteiger partial charge in [0.25, 0.3) is 0 Å². The number of carbonyl (C=O) groups is 1. The van der Waals surface area contributed by atoms with Crippen molar-refractivity contribution in [3.05, 3.63) is 33.6 Å². The fourth-order valence-electron chi connectivity index (χ4n) is 4.57. The lowest BCUT2D eigenvalue weighted by atomic mass is 9.64. The molecule has 1 fully saturated rings. The molecule has 2 bridgehead atoms. The third-order valence-corrected chi connectivity index (χ3v) is 7.17. The minimum absolute atomic E-state index is 0.311. The molecule has 0 saturated heterocycles. The first-order valence-corrected chi connectivity index (χ1v) is 8.32. The summed E-state index contributed by atoms with van der Waals surface area (Å²) < 4.78 is 0. The molecule has 1 N–H and O–H groups in total. The lowest BCUT2D eigenvalue weighted by Crippen LogP contribution is -2.45. The van der Waals surface area contributed by atoms with Crippen molar-refractivity contribution in [1.29, 1.82) is 0 Å². The Balaban J connectivity index is 2.13. The molecule has 0 unspecified atom stereocenters. The SMILES string of the molecule is CC1(C)[C@@]2(C)CC[C@]1(C(=O)O)c1nc3cc(Cl)c(Cl)cc3nc12. The quantitative estimate of drug-likeness (QED) is 0.830. The number of nitrogens with zero attached hydrogens (tertiary/aromatic N) is 2. The first-order valence-electron chi connectivity index (χ1n) is 7.56. The standard InChI is InChI=1S/C17H16Cl2N2O2/c1-15(2)16(3)4-5-17(15,14(22)23)13-12(16)20-10-6-8(18)9(19)7-11(10)21-13/h6-7H,4-5H2,1-3H3,(H,22,23)/t16-,17+/m0/s1. The van der Waals surface area contributed by atoms with Crippen LogP contribution in [0.25, 0.3) is 11.0 Å². The molecule has 0 amide bonds. The third kappa shape index (κ3) is 1.47. The van der Waals surface area contributed by atoms with Crippen molar-refractivity contribution in [3.8, 4) is 0 Å². The fraction of sp³-hybridized carbons (Fsp3) is 0.471. The van der Waals surface area contributed by atoms with Gasteiger partial charge >= 0.3 is 5.97 Å². The summed E-state index contributed by atoms with van der Waals surface area (Å²) >= 11 is 12.2. The van der Waals surface area contributed by atoms with Crippen molar-refractivity contribution in [2.75, 3.05) is 0 Å². The minimum atomic E-state index is -0.996. The van der Waals surface area contributed by atoms with E-state index < -0.39 is 16.8 Å². The van der Waals surface area contributed by atoms with Crippen molar-refractivity contribution in [2.24, 2.45) is 5.41 Å². The summed E-state index contributed by atoms with van der Waals surface area (Å²) in [5.74, 6) is -0.821. The smallest absolute Gasteiger partial charge is 0.316 e. The summed E-state index contributed by atoms with van der Waals surface area (Å²) in [5.41, 5.74) is 0.864. The van der Waals surface area contributed by atoms with Crippen LogP contribution in [-0.4, -0.2) is 21.0 Å². The van der Waals surface area contributed by atoms with E-state index in [1.165, 1.54) is 0 Å². The van der Waals surface area contributed by atoms with E-state index in [1.807, 2.05) is 13.8 Å². The Labute approximate surface area is 143 Å². The van der Waals surface area contributed by atoms with Crippen molar-refractivity contribution < 1.29 is 9.90 Å². The lowest BCUT2D eigenvalue weighted by Gasteiger charge is -2.37. The molecular weight excluding hydrogens is 335 g/mol. The van der Waals surface area contributed by atoms with Crippen LogP contribution >= 0.6 is 23.2 Å². The summed E-state index contributed by atoms with van der Waals surface area (Å²) in [4.78, 5) is 21.7. The number of benzene rings is 1. The average molecular weight is 351 g/mol. The maximum atomic E-state index is 12.2. The van der Waals surface area contributed by atoms with Gasteiger partial charge in [0.15, 0.2) is 0 Å². The number of aliphatic carboxylic acids is 1. The Kier molecular flexibility index (Phi) is 2.75. The molecule has 2 atom stereocenters. The van der Waals surface area contributed by atoms with E-state index in [1.54, 1.807) is 12.1 Å². The molecule has 120 valence electrons. The second kappa shape index (κ2) is 4.17. The Morgan fingerprint density at radius 2 is 1.57 bits per heavy atom. The molecule has 6 heteroatoms. The van der Waals surface area contributed by atoms with Crippen LogP contribution < -0.4 is 0 Å². The van der Waals surface area contributed by atoms with E-state index in [9.17, 15) is 9.90 Å². The number of hydrogen-bond acceptors (Lipinski definition) is 3. The summed E-state index contributed by atoms with van der Waals surface area (Å²) in [6.45, 7) is 6.13. The van der Waals surface area contributed by atoms with Crippen molar-refractivity contribution in [1.82, 2.24) is 9.97 Å². The van der Waals surface area contributed by atoms with Gasteiger partial charge in [-0.3, -0.25) is 4.79 Å². The summed E-state index contributed by atoms with van der Waals surface area (Å²) in [6.07, 6.45) is 1.38. The Bertz CT molecular complexity index is 896. The van der Waals surface area contributed by atoms with Crippen LogP contribution in [0.2, 0.25) is 10.0 Å². The van der Waals surface area contributed by atoms with Gasteiger partial charge in [-0.25, -0.2) is 9.97 Å². The van der Waals surface area contributed by atoms with Gasteiger partial charge in [-0.15, -0.1) is 0 Å². The van der Waals surface area contributed by atoms with E-state index in [2.05, 4.69) is 11.9 Å². The van der Waals surface area contributed by atoms with Crippen LogP contribution in [0, 0.1) is 5.41 Å². The zero-order valence-corrected chi connectivity index (χ0v) is 14.6. The number of carboxylic acids is 1. The molecule has 1 saturated carbocycles. The van der Waals surface area contributed by atoms with E-state index in [0.29, 0.717) is 33.2 Å². The number of halogens is 2. The van der Waals surface area contributed by atoms with Crippen LogP contribution in [0.3, 0.4) is 0 Å². The van der Waals surface area contributed by atoms with Crippen LogP contribution in [0.5, 0.6) is 0 Å². The first-order chi connectivity index (χ1) is 10.6. The van der Waals surface area contributed by atoms with Gasteiger partial charge in [-0.2, -0.15) is 0 Å². The largest absolute Gasteiger partial charge is 0.481 e. The average Bonchev–Trinajstić information content (AvgIpc) is 2.75. The molecule has 2 aliphatic rings. The predicted molar refractivity (Wildman–Crippen MR) is 89.2 cm³/mol. The highest BCUT2D eigenvalue weighted by Crippen LogP contribution is 2.70. The van der Waals surface area contributed by atoms with E-state index in [4.69, 9.17) is 28.2 Å². The van der Waals surface area contributed by atoms with Gasteiger partial charge in [-0.05, 0) is 30.4 Å². The van der Waals surface area contributed by atoms with Gasteiger partial charge in [-0.1, -0.05) is 44.0 Å². The zero-order valence-electron chi connectivity index (χ0n) is 13.1. The fourth-order valence-corrected chi connectivity index (χ4v) is 4.89. The summed E-state index contributed by atoms with van der Waals surface area (Å²) in [7, 11) is 0. The van der Waals surface area contributed by atoms with Crippen LogP contribution in [0.15, 0.2) is 12.1 Å². The predicted octanol–water partition coefficient (Wildman–Crippen LogP) is 4.35. The first kappa shape index (κ1) is 15.2. The molecule has 0 radical (unpaired) electrons. The molecule has 0 aliphatic heterocycles. The summed E-state index contributed by atoms with van der Waals surface area (Å²) in [5, 5.41) is 10.9. The minimum Gasteiger partial charge on any atom is -0.481 e. The maximum absolute atomic E-state index is 12.2. The maximum Gasteiger partial charge on any atom is 0.316 e. The van der Waals surface area contributed by atoms with E-state index in [-0.39, 0.29) is 5.41 Å². The number of fused-ring (bicyclic) bond motifs is 6. The highest BCUT2D eigenvalue weighted by molar-refractivity contribution is 6.42. The van der Waals surface area contributed by atoms with Crippen molar-refractivity contribution in [3.63, 3.8) is 0 Å². The molecule has 23 heavy (non-hydrogen) atoms. The second-order valence-corrected chi connectivity index (χ2v) is 8.16.